The van der Waals surface area contributed by atoms with Gasteiger partial charge in [0.05, 0.1) is 7.11 Å². The molecule has 0 atom stereocenters. The van der Waals surface area contributed by atoms with Crippen LogP contribution in [0.3, 0.4) is 0 Å². The molecule has 1 fully saturated rings. The number of pyridine rings is 2. The maximum absolute atomic E-state index is 11.4. The lowest BCUT2D eigenvalue weighted by atomic mass is 10.2. The second-order valence-corrected chi connectivity index (χ2v) is 6.32. The van der Waals surface area contributed by atoms with Crippen LogP contribution in [-0.4, -0.2) is 36.1 Å². The van der Waals surface area contributed by atoms with Crippen molar-refractivity contribution in [3.05, 3.63) is 53.0 Å². The smallest absolute Gasteiger partial charge is 0.356 e. The third kappa shape index (κ3) is 4.54. The summed E-state index contributed by atoms with van der Waals surface area (Å²) in [5, 5.41) is 3.42. The fourth-order valence-electron chi connectivity index (χ4n) is 3.04. The molecule has 1 aliphatic heterocycles. The quantitative estimate of drug-likeness (QED) is 0.815. The van der Waals surface area contributed by atoms with E-state index in [1.807, 2.05) is 13.0 Å². The van der Waals surface area contributed by atoms with Crippen molar-refractivity contribution in [3.8, 4) is 0 Å². The van der Waals surface area contributed by atoms with E-state index in [-0.39, 0.29) is 0 Å². The molecule has 6 nitrogen and oxygen atoms in total. The van der Waals surface area contributed by atoms with Crippen LogP contribution in [-0.2, 0) is 17.8 Å². The minimum Gasteiger partial charge on any atom is -0.464 e. The number of aryl methyl sites for hydroxylation is 1. The molecule has 0 radical (unpaired) electrons. The summed E-state index contributed by atoms with van der Waals surface area (Å²) in [4.78, 5) is 22.5. The second-order valence-electron chi connectivity index (χ2n) is 6.32. The van der Waals surface area contributed by atoms with Crippen LogP contribution >= 0.6 is 0 Å². The highest BCUT2D eigenvalue weighted by Crippen LogP contribution is 2.20. The number of hydrogen-bond acceptors (Lipinski definition) is 6. The largest absolute Gasteiger partial charge is 0.464 e. The van der Waals surface area contributed by atoms with Crippen LogP contribution in [0.2, 0.25) is 0 Å². The van der Waals surface area contributed by atoms with E-state index in [0.29, 0.717) is 12.2 Å². The average Bonchev–Trinajstić information content (AvgIpc) is 3.16. The van der Waals surface area contributed by atoms with Gasteiger partial charge in [-0.05, 0) is 49.1 Å². The first-order valence-electron chi connectivity index (χ1n) is 8.62. The molecule has 1 N–H and O–H groups in total. The number of hydrogen-bond donors (Lipinski definition) is 1. The van der Waals surface area contributed by atoms with Crippen LogP contribution in [0.1, 0.15) is 40.2 Å². The molecular formula is C19H24N4O2. The third-order valence-electron chi connectivity index (χ3n) is 4.31. The molecule has 0 bridgehead atoms. The van der Waals surface area contributed by atoms with Gasteiger partial charge in [-0.3, -0.25) is 0 Å². The van der Waals surface area contributed by atoms with E-state index in [9.17, 15) is 4.79 Å². The number of esters is 1. The molecule has 2 aromatic rings. The van der Waals surface area contributed by atoms with Crippen molar-refractivity contribution in [1.82, 2.24) is 15.3 Å². The minimum absolute atomic E-state index is 0.325. The molecule has 1 saturated heterocycles. The summed E-state index contributed by atoms with van der Waals surface area (Å²) >= 11 is 0. The van der Waals surface area contributed by atoms with E-state index in [4.69, 9.17) is 0 Å². The zero-order chi connectivity index (χ0) is 17.6. The van der Waals surface area contributed by atoms with Crippen LogP contribution in [0, 0.1) is 6.92 Å². The van der Waals surface area contributed by atoms with Crippen LogP contribution in [0.5, 0.6) is 0 Å². The zero-order valence-corrected chi connectivity index (χ0v) is 14.8. The number of nitrogens with one attached hydrogen (secondary N) is 1. The Morgan fingerprint density at radius 1 is 1.20 bits per heavy atom. The Kier molecular flexibility index (Phi) is 5.60. The monoisotopic (exact) mass is 340 g/mol. The van der Waals surface area contributed by atoms with E-state index in [1.54, 1.807) is 12.3 Å². The zero-order valence-electron chi connectivity index (χ0n) is 14.8. The highest BCUT2D eigenvalue weighted by atomic mass is 16.5. The lowest BCUT2D eigenvalue weighted by Crippen LogP contribution is -2.20. The van der Waals surface area contributed by atoms with Gasteiger partial charge < -0.3 is 15.0 Å². The van der Waals surface area contributed by atoms with Crippen molar-refractivity contribution in [1.29, 1.82) is 0 Å². The summed E-state index contributed by atoms with van der Waals surface area (Å²) in [6.07, 6.45) is 4.20. The normalized spacial score (nSPS) is 13.9. The van der Waals surface area contributed by atoms with Crippen molar-refractivity contribution in [3.63, 3.8) is 0 Å². The number of carbonyl (C=O) groups is 1. The van der Waals surface area contributed by atoms with Crippen molar-refractivity contribution in [2.75, 3.05) is 25.1 Å². The van der Waals surface area contributed by atoms with Gasteiger partial charge in [0, 0.05) is 38.1 Å². The summed E-state index contributed by atoms with van der Waals surface area (Å²) in [5.41, 5.74) is 3.63. The molecule has 3 rings (SSSR count). The predicted molar refractivity (Wildman–Crippen MR) is 96.5 cm³/mol. The summed E-state index contributed by atoms with van der Waals surface area (Å²) in [6, 6.07) is 7.86. The number of rotatable bonds is 6. The number of carbonyl (C=O) groups excluding carboxylic acids is 1. The first-order chi connectivity index (χ1) is 12.2. The van der Waals surface area contributed by atoms with Gasteiger partial charge in [0.2, 0.25) is 0 Å². The van der Waals surface area contributed by atoms with Crippen LogP contribution < -0.4 is 10.2 Å². The fraction of sp³-hybridized carbons (Fsp3) is 0.421. The Hall–Kier alpha value is -2.47. The van der Waals surface area contributed by atoms with E-state index in [0.717, 1.165) is 36.7 Å². The topological polar surface area (TPSA) is 67.3 Å². The third-order valence-corrected chi connectivity index (χ3v) is 4.31. The molecule has 132 valence electrons. The molecular weight excluding hydrogens is 316 g/mol. The maximum Gasteiger partial charge on any atom is 0.356 e. The van der Waals surface area contributed by atoms with E-state index >= 15 is 0 Å². The minimum atomic E-state index is -0.416. The molecule has 25 heavy (non-hydrogen) atoms. The summed E-state index contributed by atoms with van der Waals surface area (Å²) in [7, 11) is 1.35. The number of ether oxygens (including phenoxy) is 1. The van der Waals surface area contributed by atoms with E-state index in [2.05, 4.69) is 37.1 Å². The number of methoxy groups -OCH3 is 1. The van der Waals surface area contributed by atoms with Crippen LogP contribution in [0.15, 0.2) is 30.5 Å². The highest BCUT2D eigenvalue weighted by molar-refractivity contribution is 5.86. The second kappa shape index (κ2) is 8.07. The molecule has 3 heterocycles. The number of aromatic nitrogens is 2. The molecule has 0 aliphatic carbocycles. The standard InChI is InChI=1S/C19H24N4O2/c1-14-9-16(10-18(22-14)23-7-3-4-8-23)12-20-11-15-5-6-17(21-13-15)19(24)25-2/h5-6,9-10,13,20H,3-4,7-8,11-12H2,1-2H3. The van der Waals surface area contributed by atoms with Crippen molar-refractivity contribution >= 4 is 11.8 Å². The van der Waals surface area contributed by atoms with Gasteiger partial charge in [-0.2, -0.15) is 0 Å². The van der Waals surface area contributed by atoms with Gasteiger partial charge in [0.25, 0.3) is 0 Å². The lowest BCUT2D eigenvalue weighted by Gasteiger charge is -2.18. The summed E-state index contributed by atoms with van der Waals surface area (Å²) < 4.78 is 4.65. The van der Waals surface area contributed by atoms with Crippen molar-refractivity contribution in [2.45, 2.75) is 32.9 Å². The molecule has 1 aliphatic rings. The average molecular weight is 340 g/mol. The van der Waals surface area contributed by atoms with E-state index < -0.39 is 5.97 Å². The molecule has 0 amide bonds. The van der Waals surface area contributed by atoms with E-state index in [1.165, 1.54) is 25.5 Å². The number of nitrogens with zero attached hydrogens (tertiary/aromatic N) is 3. The molecule has 0 spiro atoms. The predicted octanol–water partition coefficient (Wildman–Crippen LogP) is 2.46. The fourth-order valence-corrected chi connectivity index (χ4v) is 3.04. The molecule has 2 aromatic heterocycles. The Morgan fingerprint density at radius 3 is 2.64 bits per heavy atom. The maximum atomic E-state index is 11.4. The Balaban J connectivity index is 1.57. The Morgan fingerprint density at radius 2 is 1.96 bits per heavy atom. The number of anilines is 1. The highest BCUT2D eigenvalue weighted by Gasteiger charge is 2.14. The van der Waals surface area contributed by atoms with Gasteiger partial charge in [-0.1, -0.05) is 6.07 Å². The van der Waals surface area contributed by atoms with Gasteiger partial charge >= 0.3 is 5.97 Å². The van der Waals surface area contributed by atoms with Gasteiger partial charge in [-0.15, -0.1) is 0 Å². The first-order valence-corrected chi connectivity index (χ1v) is 8.62. The summed E-state index contributed by atoms with van der Waals surface area (Å²) in [6.45, 7) is 5.69. The lowest BCUT2D eigenvalue weighted by molar-refractivity contribution is 0.0594. The first kappa shape index (κ1) is 17.4. The Bertz CT molecular complexity index is 725. The van der Waals surface area contributed by atoms with Crippen molar-refractivity contribution < 1.29 is 9.53 Å². The molecule has 0 saturated carbocycles. The van der Waals surface area contributed by atoms with Crippen LogP contribution in [0.25, 0.3) is 0 Å². The van der Waals surface area contributed by atoms with Gasteiger partial charge in [-0.25, -0.2) is 14.8 Å². The van der Waals surface area contributed by atoms with Gasteiger partial charge in [0.1, 0.15) is 11.5 Å². The molecule has 0 aromatic carbocycles. The molecule has 6 heteroatoms. The SMILES string of the molecule is COC(=O)c1ccc(CNCc2cc(C)nc(N3CCCC3)c2)cn1. The van der Waals surface area contributed by atoms with Gasteiger partial charge in [0.15, 0.2) is 0 Å². The Labute approximate surface area is 148 Å². The van der Waals surface area contributed by atoms with Crippen molar-refractivity contribution in [2.24, 2.45) is 0 Å². The van der Waals surface area contributed by atoms with Crippen LogP contribution in [0.4, 0.5) is 5.82 Å². The summed E-state index contributed by atoms with van der Waals surface area (Å²) in [5.74, 6) is 0.666. The molecule has 0 unspecified atom stereocenters.